The van der Waals surface area contributed by atoms with Crippen LogP contribution in [0.1, 0.15) is 103 Å². The number of benzene rings is 1. The van der Waals surface area contributed by atoms with E-state index in [-0.39, 0.29) is 47.4 Å². The number of alkyl halides is 2. The van der Waals surface area contributed by atoms with Crippen molar-refractivity contribution >= 4 is 45.8 Å². The number of imide groups is 1. The Bertz CT molecular complexity index is 2530. The summed E-state index contributed by atoms with van der Waals surface area (Å²) in [7, 11) is 0. The first-order chi connectivity index (χ1) is 29.7. The number of carbonyl (C=O) groups is 3. The number of likely N-dealkylation sites (tertiary alicyclic amines) is 1. The molecule has 3 amide bonds. The summed E-state index contributed by atoms with van der Waals surface area (Å²) in [5.41, 5.74) is 2.36. The van der Waals surface area contributed by atoms with Crippen LogP contribution >= 0.6 is 0 Å². The van der Waals surface area contributed by atoms with Crippen molar-refractivity contribution in [3.05, 3.63) is 71.5 Å². The monoisotopic (exact) mass is 835 g/mol. The molecule has 61 heavy (non-hydrogen) atoms. The Morgan fingerprint density at radius 1 is 1.07 bits per heavy atom. The summed E-state index contributed by atoms with van der Waals surface area (Å²) < 4.78 is 49.2. The van der Waals surface area contributed by atoms with Crippen molar-refractivity contribution in [2.75, 3.05) is 49.6 Å². The predicted octanol–water partition coefficient (Wildman–Crippen LogP) is 5.62. The van der Waals surface area contributed by atoms with Crippen LogP contribution in [0.15, 0.2) is 53.5 Å². The Morgan fingerprint density at radius 3 is 2.69 bits per heavy atom. The molecule has 318 valence electrons. The van der Waals surface area contributed by atoms with Crippen molar-refractivity contribution in [2.45, 2.75) is 94.4 Å². The van der Waals surface area contributed by atoms with Gasteiger partial charge in [0.1, 0.15) is 23.6 Å². The Morgan fingerprint density at radius 2 is 1.92 bits per heavy atom. The topological polar surface area (TPSA) is 161 Å². The molecule has 5 fully saturated rings. The van der Waals surface area contributed by atoms with E-state index in [4.69, 9.17) is 18.9 Å². The first kappa shape index (κ1) is 39.4. The number of piperidine rings is 2. The molecule has 3 atom stereocenters. The molecular formula is C44H47F2N9O6. The number of nitrogens with zero attached hydrogens (tertiary/aromatic N) is 7. The maximum absolute atomic E-state index is 14.3. The van der Waals surface area contributed by atoms with Crippen molar-refractivity contribution in [2.24, 2.45) is 5.92 Å². The number of hydrogen-bond acceptors (Lipinski definition) is 11. The molecule has 0 spiro atoms. The smallest absolute Gasteiger partial charge is 0.284 e. The minimum Gasteiger partial charge on any atom is -0.464 e. The van der Waals surface area contributed by atoms with Crippen LogP contribution in [0.4, 0.5) is 20.3 Å². The van der Waals surface area contributed by atoms with E-state index in [0.29, 0.717) is 43.2 Å². The third-order valence-corrected chi connectivity index (χ3v) is 13.1. The van der Waals surface area contributed by atoms with Gasteiger partial charge in [-0.1, -0.05) is 11.8 Å². The van der Waals surface area contributed by atoms with Gasteiger partial charge in [-0.2, -0.15) is 10.2 Å². The summed E-state index contributed by atoms with van der Waals surface area (Å²) >= 11 is 0. The molecule has 5 aliphatic rings. The lowest BCUT2D eigenvalue weighted by Crippen LogP contribution is -2.40. The van der Waals surface area contributed by atoms with Crippen LogP contribution in [-0.2, 0) is 19.1 Å². The second-order valence-electron chi connectivity index (χ2n) is 17.0. The fourth-order valence-electron chi connectivity index (χ4n) is 9.80. The quantitative estimate of drug-likeness (QED) is 0.133. The van der Waals surface area contributed by atoms with Gasteiger partial charge in [0.15, 0.2) is 11.3 Å². The number of hydrogen-bond donors (Lipinski definition) is 2. The van der Waals surface area contributed by atoms with Gasteiger partial charge in [-0.3, -0.25) is 24.4 Å². The zero-order chi connectivity index (χ0) is 41.6. The van der Waals surface area contributed by atoms with E-state index in [1.807, 2.05) is 24.3 Å². The Balaban J connectivity index is 0.687. The van der Waals surface area contributed by atoms with Crippen LogP contribution in [0, 0.1) is 17.8 Å². The average molecular weight is 836 g/mol. The van der Waals surface area contributed by atoms with E-state index in [2.05, 4.69) is 42.5 Å². The first-order valence-corrected chi connectivity index (χ1v) is 21.3. The highest BCUT2D eigenvalue weighted by atomic mass is 19.3. The number of aromatic nitrogens is 5. The van der Waals surface area contributed by atoms with Gasteiger partial charge in [-0.15, -0.1) is 0 Å². The van der Waals surface area contributed by atoms with Gasteiger partial charge >= 0.3 is 0 Å². The molecule has 1 saturated carbocycles. The normalized spacial score (nSPS) is 24.8. The molecule has 17 heteroatoms. The van der Waals surface area contributed by atoms with Crippen molar-refractivity contribution in [1.29, 1.82) is 0 Å². The van der Waals surface area contributed by atoms with E-state index in [9.17, 15) is 23.2 Å². The fourth-order valence-corrected chi connectivity index (χ4v) is 9.80. The molecule has 4 saturated heterocycles. The molecular weight excluding hydrogens is 789 g/mol. The summed E-state index contributed by atoms with van der Waals surface area (Å²) in [5, 5.41) is 14.5. The number of halogens is 2. The maximum atomic E-state index is 14.3. The van der Waals surface area contributed by atoms with Crippen LogP contribution < -0.4 is 15.5 Å². The number of rotatable bonds is 10. The van der Waals surface area contributed by atoms with Gasteiger partial charge < -0.3 is 29.0 Å². The predicted molar refractivity (Wildman–Crippen MR) is 218 cm³/mol. The molecule has 2 N–H and O–H groups in total. The molecule has 0 radical (unpaired) electrons. The minimum absolute atomic E-state index is 0.000852. The number of carbonyl (C=O) groups excluding carboxylic acids is 3. The van der Waals surface area contributed by atoms with Crippen molar-refractivity contribution in [3.63, 3.8) is 0 Å². The number of nitrogens with one attached hydrogen (secondary N) is 2. The van der Waals surface area contributed by atoms with Gasteiger partial charge in [-0.25, -0.2) is 18.3 Å². The van der Waals surface area contributed by atoms with Gasteiger partial charge in [0.05, 0.1) is 55.0 Å². The highest BCUT2D eigenvalue weighted by Crippen LogP contribution is 2.37. The van der Waals surface area contributed by atoms with Crippen molar-refractivity contribution in [1.82, 2.24) is 34.6 Å². The number of anilines is 2. The van der Waals surface area contributed by atoms with Gasteiger partial charge in [0, 0.05) is 61.5 Å². The van der Waals surface area contributed by atoms with Gasteiger partial charge in [0.25, 0.3) is 12.3 Å². The fraction of sp³-hybridized carbons (Fsp3) is 0.500. The highest BCUT2D eigenvalue weighted by Gasteiger charge is 2.40. The Hall–Kier alpha value is -5.70. The number of ether oxygens (including phenoxy) is 2. The molecule has 10 rings (SSSR count). The Labute approximate surface area is 350 Å². The Kier molecular flexibility index (Phi) is 10.8. The second kappa shape index (κ2) is 16.6. The molecule has 1 aliphatic carbocycles. The first-order valence-electron chi connectivity index (χ1n) is 21.3. The van der Waals surface area contributed by atoms with Crippen LogP contribution in [0.2, 0.25) is 0 Å². The minimum atomic E-state index is -2.85. The molecule has 4 aliphatic heterocycles. The lowest BCUT2D eigenvalue weighted by Gasteiger charge is -2.36. The van der Waals surface area contributed by atoms with Crippen LogP contribution in [-0.4, -0.2) is 105 Å². The molecule has 5 aromatic rings. The van der Waals surface area contributed by atoms with E-state index >= 15 is 0 Å². The molecule has 15 nitrogen and oxygen atoms in total. The third-order valence-electron chi connectivity index (χ3n) is 13.1. The van der Waals surface area contributed by atoms with Crippen LogP contribution in [0.25, 0.3) is 16.6 Å². The molecule has 1 aromatic carbocycles. The number of fused-ring (bicyclic) bond motifs is 4. The van der Waals surface area contributed by atoms with Crippen LogP contribution in [0.5, 0.6) is 0 Å². The van der Waals surface area contributed by atoms with Crippen molar-refractivity contribution in [3.8, 4) is 11.8 Å². The SMILES string of the molecule is O=C1CC[C@@H](c2coc3ccc(C#CCOC4CCN(CC5CCC(n6cc(NC(=O)c7cnn8ccc(N9C[C@H]%10C[C@@H]9CO%10)nc78)c(C(F)F)n6)CC5)CC4)cc23)C(=O)N1. The van der Waals surface area contributed by atoms with Gasteiger partial charge in [-0.05, 0) is 81.5 Å². The zero-order valence-corrected chi connectivity index (χ0v) is 33.6. The molecule has 0 unspecified atom stereocenters. The molecule has 8 heterocycles. The van der Waals surface area contributed by atoms with Gasteiger partial charge in [0.2, 0.25) is 11.8 Å². The molecule has 4 aromatic heterocycles. The summed E-state index contributed by atoms with van der Waals surface area (Å²) in [6.07, 6.45) is 10.9. The van der Waals surface area contributed by atoms with E-state index in [1.165, 1.54) is 10.7 Å². The third kappa shape index (κ3) is 8.11. The van der Waals surface area contributed by atoms with E-state index in [1.54, 1.807) is 23.3 Å². The van der Waals surface area contributed by atoms with Crippen molar-refractivity contribution < 1.29 is 37.1 Å². The summed E-state index contributed by atoms with van der Waals surface area (Å²) in [4.78, 5) is 47.0. The summed E-state index contributed by atoms with van der Waals surface area (Å²) in [6, 6.07) is 7.74. The number of furan rings is 1. The van der Waals surface area contributed by atoms with E-state index in [0.717, 1.165) is 93.5 Å². The number of amides is 3. The highest BCUT2D eigenvalue weighted by molar-refractivity contribution is 6.08. The zero-order valence-electron chi connectivity index (χ0n) is 33.6. The van der Waals surface area contributed by atoms with E-state index < -0.39 is 23.9 Å². The second-order valence-corrected chi connectivity index (χ2v) is 17.0. The standard InChI is InChI=1S/C44H47F2N9O6/c45-41(46)40-36(48-44(58)34-20-47-54-16-13-38(49-42(34)54)53-22-31-19-29(53)24-60-31)23-55(51-40)28-6-3-27(4-7-28)21-52-14-11-30(12-15-52)59-17-1-2-26-5-9-37-33(18-26)35(25-61-37)32-8-10-39(56)50-43(32)57/h5,9,13,16,18,20,23,25,27-32,41H,3-4,6-8,10-12,14-15,17,19,21-22,24H2,(H,48,58)(H,50,56,57)/t27?,28?,29-,31-,32+/m1/s1. The number of morpholine rings is 1. The molecule has 2 bridgehead atoms. The average Bonchev–Trinajstić information content (AvgIpc) is 4.12. The van der Waals surface area contributed by atoms with Crippen LogP contribution in [0.3, 0.4) is 0 Å². The maximum Gasteiger partial charge on any atom is 0.284 e. The largest absolute Gasteiger partial charge is 0.464 e. The summed E-state index contributed by atoms with van der Waals surface area (Å²) in [5.74, 6) is 6.02. The summed E-state index contributed by atoms with van der Waals surface area (Å²) in [6.45, 7) is 4.57. The lowest BCUT2D eigenvalue weighted by molar-refractivity contribution is -0.134. The lowest BCUT2D eigenvalue weighted by atomic mass is 9.85.